The number of benzene rings is 2. The van der Waals surface area contributed by atoms with Gasteiger partial charge in [-0.2, -0.15) is 0 Å². The first-order valence-corrected chi connectivity index (χ1v) is 7.74. The van der Waals surface area contributed by atoms with Crippen LogP contribution in [0, 0.1) is 0 Å². The average Bonchev–Trinajstić information content (AvgIpc) is 2.36. The number of nitrogens with one attached hydrogen (secondary N) is 1. The van der Waals surface area contributed by atoms with Crippen LogP contribution in [0.2, 0.25) is 0 Å². The van der Waals surface area contributed by atoms with Crippen LogP contribution in [-0.2, 0) is 0 Å². The minimum atomic E-state index is -0.399. The maximum Gasteiger partial charge on any atom is 0.255 e. The Hall–Kier alpha value is -1.05. The van der Waals surface area contributed by atoms with Crippen LogP contribution in [0.3, 0.4) is 0 Å². The lowest BCUT2D eigenvalue weighted by Gasteiger charge is -2.11. The molecule has 2 aromatic rings. The highest BCUT2D eigenvalue weighted by molar-refractivity contribution is 9.11. The smallest absolute Gasteiger partial charge is 0.255 e. The van der Waals surface area contributed by atoms with Crippen molar-refractivity contribution in [1.29, 1.82) is 0 Å². The van der Waals surface area contributed by atoms with E-state index in [-0.39, 0.29) is 17.1 Å². The Morgan fingerprint density at radius 2 is 1.55 bits per heavy atom. The van der Waals surface area contributed by atoms with Crippen molar-refractivity contribution in [3.63, 3.8) is 0 Å². The second-order valence-corrected chi connectivity index (χ2v) is 6.53. The Bertz CT molecular complexity index is 666. The van der Waals surface area contributed by atoms with E-state index < -0.39 is 5.91 Å². The van der Waals surface area contributed by atoms with Crippen LogP contribution in [0.5, 0.6) is 11.5 Å². The number of phenols is 2. The third-order valence-electron chi connectivity index (χ3n) is 2.48. The maximum atomic E-state index is 12.1. The minimum absolute atomic E-state index is 0.238. The third kappa shape index (κ3) is 3.34. The summed E-state index contributed by atoms with van der Waals surface area (Å²) in [5, 5.41) is 21.4. The first-order valence-electron chi connectivity index (χ1n) is 5.36. The van der Waals surface area contributed by atoms with Crippen LogP contribution >= 0.6 is 47.8 Å². The number of aromatic hydroxyl groups is 2. The molecule has 0 bridgehead atoms. The van der Waals surface area contributed by atoms with E-state index in [0.29, 0.717) is 14.6 Å². The molecule has 0 spiro atoms. The molecule has 3 N–H and O–H groups in total. The van der Waals surface area contributed by atoms with E-state index in [9.17, 15) is 15.0 Å². The number of amides is 1. The van der Waals surface area contributed by atoms with Crippen molar-refractivity contribution in [2.75, 3.05) is 5.32 Å². The van der Waals surface area contributed by atoms with Gasteiger partial charge in [0.15, 0.2) is 11.5 Å². The molecule has 0 atom stereocenters. The van der Waals surface area contributed by atoms with Gasteiger partial charge in [-0.05, 0) is 62.2 Å². The number of carbonyl (C=O) groups excluding carboxylic acids is 1. The molecule has 0 aliphatic heterocycles. The second-order valence-electron chi connectivity index (χ2n) is 3.90. The first kappa shape index (κ1) is 15.3. The van der Waals surface area contributed by atoms with Crippen LogP contribution in [0.25, 0.3) is 0 Å². The van der Waals surface area contributed by atoms with Gasteiger partial charge in [-0.3, -0.25) is 4.79 Å². The molecule has 4 nitrogen and oxygen atoms in total. The number of hydrogen-bond donors (Lipinski definition) is 3. The SMILES string of the molecule is O=C(Nc1c(Br)cc(Br)cc1Br)c1ccc(O)c(O)c1. The number of rotatable bonds is 2. The van der Waals surface area contributed by atoms with E-state index in [1.807, 2.05) is 0 Å². The Morgan fingerprint density at radius 3 is 2.10 bits per heavy atom. The van der Waals surface area contributed by atoms with Crippen molar-refractivity contribution in [3.8, 4) is 11.5 Å². The van der Waals surface area contributed by atoms with Gasteiger partial charge in [0.25, 0.3) is 5.91 Å². The third-order valence-corrected chi connectivity index (χ3v) is 4.19. The Labute approximate surface area is 140 Å². The Balaban J connectivity index is 2.30. The fraction of sp³-hybridized carbons (Fsp3) is 0. The summed E-state index contributed by atoms with van der Waals surface area (Å²) in [5.41, 5.74) is 0.813. The molecule has 0 unspecified atom stereocenters. The van der Waals surface area contributed by atoms with Gasteiger partial charge < -0.3 is 15.5 Å². The summed E-state index contributed by atoms with van der Waals surface area (Å²) in [6, 6.07) is 7.48. The van der Waals surface area contributed by atoms with E-state index in [4.69, 9.17) is 0 Å². The molecule has 0 radical (unpaired) electrons. The molecule has 20 heavy (non-hydrogen) atoms. The van der Waals surface area contributed by atoms with Gasteiger partial charge in [-0.1, -0.05) is 15.9 Å². The Kier molecular flexibility index (Phi) is 4.72. The summed E-state index contributed by atoms with van der Waals surface area (Å²) in [7, 11) is 0. The molecule has 0 heterocycles. The summed E-state index contributed by atoms with van der Waals surface area (Å²) in [6.07, 6.45) is 0. The van der Waals surface area contributed by atoms with Gasteiger partial charge in [-0.25, -0.2) is 0 Å². The fourth-order valence-electron chi connectivity index (χ4n) is 1.51. The molecule has 0 fully saturated rings. The van der Waals surface area contributed by atoms with Crippen molar-refractivity contribution < 1.29 is 15.0 Å². The molecule has 0 aliphatic carbocycles. The van der Waals surface area contributed by atoms with E-state index >= 15 is 0 Å². The van der Waals surface area contributed by atoms with Gasteiger partial charge >= 0.3 is 0 Å². The van der Waals surface area contributed by atoms with Gasteiger partial charge in [0.2, 0.25) is 0 Å². The predicted octanol–water partition coefficient (Wildman–Crippen LogP) is 4.64. The molecule has 0 aromatic heterocycles. The van der Waals surface area contributed by atoms with Crippen LogP contribution in [0.15, 0.2) is 43.7 Å². The summed E-state index contributed by atoms with van der Waals surface area (Å²) in [5.74, 6) is -1.01. The highest BCUT2D eigenvalue weighted by Gasteiger charge is 2.13. The van der Waals surface area contributed by atoms with Crippen LogP contribution in [0.4, 0.5) is 5.69 Å². The lowest BCUT2D eigenvalue weighted by molar-refractivity contribution is 0.102. The van der Waals surface area contributed by atoms with Crippen molar-refractivity contribution in [3.05, 3.63) is 49.3 Å². The number of halogens is 3. The standard InChI is InChI=1S/C13H8Br3NO3/c14-7-4-8(15)12(9(16)5-7)17-13(20)6-1-2-10(18)11(19)3-6/h1-5,18-19H,(H,17,20). The monoisotopic (exact) mass is 463 g/mol. The van der Waals surface area contributed by atoms with Crippen LogP contribution < -0.4 is 5.32 Å². The highest BCUT2D eigenvalue weighted by atomic mass is 79.9. The molecule has 2 rings (SSSR count). The normalized spacial score (nSPS) is 10.3. The van der Waals surface area contributed by atoms with Crippen LogP contribution in [-0.4, -0.2) is 16.1 Å². The van der Waals surface area contributed by atoms with Crippen molar-refractivity contribution in [1.82, 2.24) is 0 Å². The molecule has 0 saturated heterocycles. The van der Waals surface area contributed by atoms with Gasteiger partial charge in [0.05, 0.1) is 5.69 Å². The number of hydrogen-bond acceptors (Lipinski definition) is 3. The van der Waals surface area contributed by atoms with E-state index in [1.165, 1.54) is 18.2 Å². The van der Waals surface area contributed by atoms with Crippen LogP contribution in [0.1, 0.15) is 10.4 Å². The number of phenolic OH excluding ortho intramolecular Hbond substituents is 2. The average molecular weight is 466 g/mol. The highest BCUT2D eigenvalue weighted by Crippen LogP contribution is 2.35. The zero-order chi connectivity index (χ0) is 14.9. The molecule has 7 heteroatoms. The predicted molar refractivity (Wildman–Crippen MR) is 87.3 cm³/mol. The molecule has 0 aliphatic rings. The van der Waals surface area contributed by atoms with Gasteiger partial charge in [0, 0.05) is 19.0 Å². The first-order chi connectivity index (χ1) is 9.38. The zero-order valence-electron chi connectivity index (χ0n) is 9.82. The summed E-state index contributed by atoms with van der Waals surface area (Å²) in [6.45, 7) is 0. The van der Waals surface area contributed by atoms with E-state index in [0.717, 1.165) is 4.47 Å². The van der Waals surface area contributed by atoms with Gasteiger partial charge in [-0.15, -0.1) is 0 Å². The van der Waals surface area contributed by atoms with E-state index in [2.05, 4.69) is 53.1 Å². The number of anilines is 1. The Morgan fingerprint density at radius 1 is 0.950 bits per heavy atom. The molecule has 1 amide bonds. The van der Waals surface area contributed by atoms with Crippen molar-refractivity contribution in [2.24, 2.45) is 0 Å². The van der Waals surface area contributed by atoms with Crippen molar-refractivity contribution in [2.45, 2.75) is 0 Å². The zero-order valence-corrected chi connectivity index (χ0v) is 14.6. The summed E-state index contributed by atoms with van der Waals surface area (Å²) in [4.78, 5) is 12.1. The topological polar surface area (TPSA) is 69.6 Å². The molecular weight excluding hydrogens is 458 g/mol. The quantitative estimate of drug-likeness (QED) is 0.566. The maximum absolute atomic E-state index is 12.1. The lowest BCUT2D eigenvalue weighted by Crippen LogP contribution is -2.12. The van der Waals surface area contributed by atoms with Gasteiger partial charge in [0.1, 0.15) is 0 Å². The minimum Gasteiger partial charge on any atom is -0.504 e. The largest absolute Gasteiger partial charge is 0.504 e. The molecular formula is C13H8Br3NO3. The summed E-state index contributed by atoms with van der Waals surface area (Å²) < 4.78 is 2.27. The lowest BCUT2D eigenvalue weighted by atomic mass is 10.2. The summed E-state index contributed by atoms with van der Waals surface area (Å²) >= 11 is 10.1. The molecule has 0 saturated carbocycles. The van der Waals surface area contributed by atoms with Crippen molar-refractivity contribution >= 4 is 59.4 Å². The van der Waals surface area contributed by atoms with E-state index in [1.54, 1.807) is 12.1 Å². The molecule has 104 valence electrons. The number of carbonyl (C=O) groups is 1. The molecule has 2 aromatic carbocycles. The fourth-order valence-corrected chi connectivity index (χ4v) is 3.97. The second kappa shape index (κ2) is 6.15.